The van der Waals surface area contributed by atoms with Crippen LogP contribution in [0.2, 0.25) is 0 Å². The predicted octanol–water partition coefficient (Wildman–Crippen LogP) is 11.6. The van der Waals surface area contributed by atoms with Crippen molar-refractivity contribution in [2.45, 2.75) is 67.7 Å². The second kappa shape index (κ2) is 12.8. The quantitative estimate of drug-likeness (QED) is 0.108. The molecular formula is C40H42IrNO2S-. The Morgan fingerprint density at radius 3 is 1.98 bits per heavy atom. The summed E-state index contributed by atoms with van der Waals surface area (Å²) in [4.78, 5) is 16.7. The summed E-state index contributed by atoms with van der Waals surface area (Å²) in [6.45, 7) is 18.0. The van der Waals surface area contributed by atoms with Crippen molar-refractivity contribution < 1.29 is 30.0 Å². The van der Waals surface area contributed by atoms with E-state index in [0.29, 0.717) is 0 Å². The second-order valence-electron chi connectivity index (χ2n) is 14.6. The van der Waals surface area contributed by atoms with Gasteiger partial charge in [0.2, 0.25) is 0 Å². The Kier molecular flexibility index (Phi) is 9.81. The summed E-state index contributed by atoms with van der Waals surface area (Å²) in [5.74, 6) is 0.104. The number of benzene rings is 4. The molecule has 0 aliphatic rings. The van der Waals surface area contributed by atoms with Crippen LogP contribution in [0.25, 0.3) is 53.1 Å². The number of aliphatic hydroxyl groups is 1. The molecule has 0 spiro atoms. The molecule has 0 aliphatic carbocycles. The number of rotatable bonds is 2. The van der Waals surface area contributed by atoms with Crippen LogP contribution in [0, 0.1) is 16.9 Å². The molecule has 1 radical (unpaired) electrons. The Bertz CT molecular complexity index is 2050. The van der Waals surface area contributed by atoms with Gasteiger partial charge in [-0.25, -0.2) is 0 Å². The first kappa shape index (κ1) is 34.5. The van der Waals surface area contributed by atoms with Gasteiger partial charge < -0.3 is 5.11 Å². The van der Waals surface area contributed by atoms with Crippen molar-refractivity contribution in [1.29, 1.82) is 0 Å². The van der Waals surface area contributed by atoms with Crippen molar-refractivity contribution in [2.75, 3.05) is 0 Å². The summed E-state index contributed by atoms with van der Waals surface area (Å²) >= 11 is 1.83. The van der Waals surface area contributed by atoms with Crippen LogP contribution < -0.4 is 0 Å². The number of carbonyl (C=O) groups excluding carboxylic acids is 1. The van der Waals surface area contributed by atoms with E-state index in [9.17, 15) is 9.90 Å². The first-order valence-corrected chi connectivity index (χ1v) is 16.0. The molecule has 0 unspecified atom stereocenters. The summed E-state index contributed by atoms with van der Waals surface area (Å²) in [7, 11) is 0. The van der Waals surface area contributed by atoms with Crippen molar-refractivity contribution in [2.24, 2.45) is 10.8 Å². The van der Waals surface area contributed by atoms with Crippen molar-refractivity contribution in [3.05, 3.63) is 102 Å². The van der Waals surface area contributed by atoms with E-state index in [0.717, 1.165) is 22.2 Å². The summed E-state index contributed by atoms with van der Waals surface area (Å²) in [5.41, 5.74) is 3.74. The zero-order valence-corrected chi connectivity index (χ0v) is 30.8. The number of pyridine rings is 1. The molecule has 3 nitrogen and oxygen atoms in total. The summed E-state index contributed by atoms with van der Waals surface area (Å²) in [6, 6.07) is 31.8. The molecule has 6 aromatic rings. The standard InChI is InChI=1S/C29H22NS.C11H20O2.Ir/c1-29(2,3)23-17-19(16-18-10-4-5-11-20(18)23)27-28-26(21-12-6-8-14-24(21)30-27)22-13-7-9-15-25(22)31-28;1-10(2,3)8(12)7-9(13)11(4,5)6;/h4-15,17H,1-3H3;7,12H,1-6H3;/q-1;;/b;8-7-;. The first-order valence-electron chi connectivity index (χ1n) is 15.2. The van der Waals surface area contributed by atoms with Crippen LogP contribution in [0.1, 0.15) is 67.9 Å². The largest absolute Gasteiger partial charge is 0.512 e. The van der Waals surface area contributed by atoms with E-state index in [2.05, 4.69) is 106 Å². The van der Waals surface area contributed by atoms with E-state index in [1.54, 1.807) is 0 Å². The smallest absolute Gasteiger partial charge is 0.164 e. The molecule has 0 atom stereocenters. The van der Waals surface area contributed by atoms with Crippen LogP contribution in [-0.2, 0) is 30.3 Å². The van der Waals surface area contributed by atoms with Crippen molar-refractivity contribution in [1.82, 2.24) is 4.98 Å². The number of aromatic nitrogens is 1. The molecule has 45 heavy (non-hydrogen) atoms. The topological polar surface area (TPSA) is 50.2 Å². The number of carbonyl (C=O) groups is 1. The molecule has 0 saturated carbocycles. The van der Waals surface area contributed by atoms with Crippen LogP contribution in [0.4, 0.5) is 0 Å². The van der Waals surface area contributed by atoms with Gasteiger partial charge in [-0.05, 0) is 17.5 Å². The van der Waals surface area contributed by atoms with E-state index >= 15 is 0 Å². The zero-order chi connectivity index (χ0) is 32.0. The van der Waals surface area contributed by atoms with Gasteiger partial charge in [-0.2, -0.15) is 0 Å². The molecule has 2 aromatic heterocycles. The van der Waals surface area contributed by atoms with Crippen LogP contribution in [0.5, 0.6) is 0 Å². The fourth-order valence-corrected chi connectivity index (χ4v) is 6.37. The molecule has 235 valence electrons. The number of hydrogen-bond donors (Lipinski definition) is 1. The Morgan fingerprint density at radius 2 is 1.36 bits per heavy atom. The van der Waals surface area contributed by atoms with Gasteiger partial charge in [0.25, 0.3) is 0 Å². The molecular weight excluding hydrogens is 751 g/mol. The van der Waals surface area contributed by atoms with Crippen LogP contribution in [0.15, 0.2) is 90.7 Å². The number of fused-ring (bicyclic) bond motifs is 6. The summed E-state index contributed by atoms with van der Waals surface area (Å²) < 4.78 is 2.54. The fraction of sp³-hybridized carbons (Fsp3) is 0.300. The van der Waals surface area contributed by atoms with Gasteiger partial charge in [0.15, 0.2) is 5.78 Å². The maximum Gasteiger partial charge on any atom is 0.164 e. The molecule has 2 heterocycles. The minimum atomic E-state index is -0.417. The number of aliphatic hydroxyl groups excluding tert-OH is 1. The molecule has 0 amide bonds. The fourth-order valence-electron chi connectivity index (χ4n) is 5.15. The van der Waals surface area contributed by atoms with Crippen molar-refractivity contribution >= 4 is 59.0 Å². The number of hydrogen-bond acceptors (Lipinski definition) is 4. The van der Waals surface area contributed by atoms with Crippen molar-refractivity contribution in [3.63, 3.8) is 0 Å². The van der Waals surface area contributed by atoms with Gasteiger partial charge >= 0.3 is 0 Å². The molecule has 1 N–H and O–H groups in total. The maximum atomic E-state index is 11.5. The SMILES string of the molecule is CC(C)(C)C(=O)/C=C(\O)C(C)(C)C.CC(C)(C)c1cc(-c2nc3ccccc3c3c2sc2ccccc23)[c-]c2ccccc12.[Ir]. The first-order chi connectivity index (χ1) is 20.6. The second-order valence-corrected chi connectivity index (χ2v) is 15.6. The molecule has 0 saturated heterocycles. The minimum Gasteiger partial charge on any atom is -0.512 e. The Balaban J connectivity index is 0.000000283. The molecule has 5 heteroatoms. The third kappa shape index (κ3) is 7.22. The minimum absolute atomic E-state index is 0. The van der Waals surface area contributed by atoms with E-state index in [-0.39, 0.29) is 42.5 Å². The Morgan fingerprint density at radius 1 is 0.778 bits per heavy atom. The monoisotopic (exact) mass is 793 g/mol. The molecule has 6 rings (SSSR count). The Hall–Kier alpha value is -3.37. The van der Waals surface area contributed by atoms with Crippen LogP contribution >= 0.6 is 11.3 Å². The molecule has 0 fully saturated rings. The van der Waals surface area contributed by atoms with Crippen LogP contribution in [0.3, 0.4) is 0 Å². The average molecular weight is 793 g/mol. The number of nitrogens with zero attached hydrogens (tertiary/aromatic N) is 1. The van der Waals surface area contributed by atoms with E-state index in [4.69, 9.17) is 4.98 Å². The van der Waals surface area contributed by atoms with Gasteiger partial charge in [-0.15, -0.1) is 40.5 Å². The van der Waals surface area contributed by atoms with Crippen LogP contribution in [-0.4, -0.2) is 15.9 Å². The normalized spacial score (nSPS) is 12.7. The van der Waals surface area contributed by atoms with E-state index in [1.807, 2.05) is 52.9 Å². The number of allylic oxidation sites excluding steroid dienone is 2. The zero-order valence-electron chi connectivity index (χ0n) is 27.6. The third-order valence-electron chi connectivity index (χ3n) is 7.83. The summed E-state index contributed by atoms with van der Waals surface area (Å²) in [5, 5.41) is 15.8. The molecule has 0 aliphatic heterocycles. The number of ketones is 1. The van der Waals surface area contributed by atoms with E-state index in [1.165, 1.54) is 42.6 Å². The maximum absolute atomic E-state index is 11.5. The van der Waals surface area contributed by atoms with Gasteiger partial charge in [0, 0.05) is 68.3 Å². The van der Waals surface area contributed by atoms with Crippen molar-refractivity contribution in [3.8, 4) is 11.3 Å². The molecule has 0 bridgehead atoms. The Labute approximate surface area is 284 Å². The predicted molar refractivity (Wildman–Crippen MR) is 190 cm³/mol. The average Bonchev–Trinajstić information content (AvgIpc) is 3.35. The third-order valence-corrected chi connectivity index (χ3v) is 9.01. The summed E-state index contributed by atoms with van der Waals surface area (Å²) in [6.07, 6.45) is 1.33. The van der Waals surface area contributed by atoms with Gasteiger partial charge in [0.1, 0.15) is 5.76 Å². The van der Waals surface area contributed by atoms with Gasteiger partial charge in [0.05, 0.1) is 5.52 Å². The number of para-hydroxylation sites is 1. The van der Waals surface area contributed by atoms with Gasteiger partial charge in [-0.3, -0.25) is 9.78 Å². The number of thiophene rings is 1. The molecule has 4 aromatic carbocycles. The van der Waals surface area contributed by atoms with Gasteiger partial charge in [-0.1, -0.05) is 128 Å². The van der Waals surface area contributed by atoms with E-state index < -0.39 is 5.41 Å².